The number of hydrogen-bond acceptors (Lipinski definition) is 7. The maximum atomic E-state index is 13.6. The number of benzene rings is 1. The van der Waals surface area contributed by atoms with E-state index in [9.17, 15) is 22.4 Å². The van der Waals surface area contributed by atoms with Gasteiger partial charge in [0, 0.05) is 24.0 Å². The summed E-state index contributed by atoms with van der Waals surface area (Å²) in [4.78, 5) is 29.3. The van der Waals surface area contributed by atoms with Gasteiger partial charge in [-0.3, -0.25) is 4.79 Å². The summed E-state index contributed by atoms with van der Waals surface area (Å²) in [5.74, 6) is -0.541. The number of pyridine rings is 2. The van der Waals surface area contributed by atoms with Crippen LogP contribution in [0.25, 0.3) is 22.6 Å². The predicted octanol–water partition coefficient (Wildman–Crippen LogP) is 4.04. The van der Waals surface area contributed by atoms with E-state index in [0.717, 1.165) is 12.1 Å². The summed E-state index contributed by atoms with van der Waals surface area (Å²) in [6, 6.07) is 8.88. The van der Waals surface area contributed by atoms with Crippen LogP contribution in [0.2, 0.25) is 0 Å². The third kappa shape index (κ3) is 5.32. The van der Waals surface area contributed by atoms with Gasteiger partial charge in [-0.25, -0.2) is 24.3 Å². The summed E-state index contributed by atoms with van der Waals surface area (Å²) in [7, 11) is 0. The normalized spacial score (nSPS) is 11.5. The number of fused-ring (bicyclic) bond motifs is 1. The van der Waals surface area contributed by atoms with Crippen molar-refractivity contribution < 1.29 is 27.5 Å². The van der Waals surface area contributed by atoms with Gasteiger partial charge in [-0.15, -0.1) is 0 Å². The highest BCUT2D eigenvalue weighted by Gasteiger charge is 2.30. The van der Waals surface area contributed by atoms with Crippen LogP contribution < -0.4 is 10.6 Å². The molecule has 1 amide bonds. The number of aromatic nitrogens is 4. The lowest BCUT2D eigenvalue weighted by Gasteiger charge is -2.12. The number of aliphatic hydroxyl groups excluding tert-OH is 1. The average molecular weight is 486 g/mol. The number of rotatable bonds is 7. The molecular formula is C23H18F4N6O2. The van der Waals surface area contributed by atoms with Gasteiger partial charge in [0.2, 0.25) is 0 Å². The quantitative estimate of drug-likeness (QED) is 0.338. The first kappa shape index (κ1) is 24.0. The molecule has 4 aromatic rings. The zero-order chi connectivity index (χ0) is 25.0. The number of nitrogens with one attached hydrogen (secondary N) is 2. The largest absolute Gasteiger partial charge is 0.416 e. The minimum Gasteiger partial charge on any atom is -0.395 e. The van der Waals surface area contributed by atoms with Gasteiger partial charge in [-0.05, 0) is 36.4 Å². The summed E-state index contributed by atoms with van der Waals surface area (Å²) < 4.78 is 52.0. The van der Waals surface area contributed by atoms with Gasteiger partial charge < -0.3 is 15.7 Å². The third-order valence-electron chi connectivity index (χ3n) is 4.93. The van der Waals surface area contributed by atoms with E-state index in [1.165, 1.54) is 36.7 Å². The van der Waals surface area contributed by atoms with Crippen LogP contribution in [-0.2, 0) is 12.9 Å². The molecule has 0 bridgehead atoms. The molecule has 0 aliphatic rings. The number of hydrogen-bond donors (Lipinski definition) is 3. The highest BCUT2D eigenvalue weighted by Crippen LogP contribution is 2.31. The van der Waals surface area contributed by atoms with Crippen molar-refractivity contribution in [3.63, 3.8) is 0 Å². The molecule has 35 heavy (non-hydrogen) atoms. The summed E-state index contributed by atoms with van der Waals surface area (Å²) in [6.45, 7) is -1.07. The Hall–Kier alpha value is -4.19. The first-order valence-electron chi connectivity index (χ1n) is 10.3. The summed E-state index contributed by atoms with van der Waals surface area (Å²) >= 11 is 0. The summed E-state index contributed by atoms with van der Waals surface area (Å²) in [5.41, 5.74) is 1.09. The molecule has 0 unspecified atom stereocenters. The monoisotopic (exact) mass is 486 g/mol. The van der Waals surface area contributed by atoms with Crippen molar-refractivity contribution >= 4 is 28.4 Å². The van der Waals surface area contributed by atoms with Crippen LogP contribution >= 0.6 is 0 Å². The van der Waals surface area contributed by atoms with Crippen molar-refractivity contribution in [2.24, 2.45) is 0 Å². The van der Waals surface area contributed by atoms with Gasteiger partial charge in [-0.1, -0.05) is 6.07 Å². The number of aliphatic hydroxyl groups is 1. The van der Waals surface area contributed by atoms with Crippen LogP contribution in [0.3, 0.4) is 0 Å². The van der Waals surface area contributed by atoms with Crippen LogP contribution in [-0.4, -0.2) is 44.1 Å². The Bertz CT molecular complexity index is 1360. The molecule has 0 aliphatic heterocycles. The molecule has 4 rings (SSSR count). The van der Waals surface area contributed by atoms with Gasteiger partial charge in [0.25, 0.3) is 5.91 Å². The van der Waals surface area contributed by atoms with Crippen LogP contribution in [0.4, 0.5) is 28.9 Å². The van der Waals surface area contributed by atoms with E-state index in [4.69, 9.17) is 5.11 Å². The molecule has 12 heteroatoms. The minimum absolute atomic E-state index is 0.0122. The topological polar surface area (TPSA) is 113 Å². The van der Waals surface area contributed by atoms with Crippen molar-refractivity contribution in [2.75, 3.05) is 18.5 Å². The van der Waals surface area contributed by atoms with Crippen molar-refractivity contribution in [1.29, 1.82) is 0 Å². The molecule has 0 saturated carbocycles. The van der Waals surface area contributed by atoms with Gasteiger partial charge in [0.15, 0.2) is 5.65 Å². The molecule has 0 atom stereocenters. The zero-order valence-electron chi connectivity index (χ0n) is 18.0. The maximum Gasteiger partial charge on any atom is 0.416 e. The van der Waals surface area contributed by atoms with Crippen molar-refractivity contribution in [3.05, 3.63) is 71.7 Å². The van der Waals surface area contributed by atoms with Crippen LogP contribution in [0.15, 0.2) is 54.9 Å². The number of anilines is 2. The summed E-state index contributed by atoms with van der Waals surface area (Å²) in [6.07, 6.45) is -1.65. The number of carbonyl (C=O) groups excluding carboxylic acids is 1. The Morgan fingerprint density at radius 3 is 2.46 bits per heavy atom. The van der Waals surface area contributed by atoms with Crippen molar-refractivity contribution in [2.45, 2.75) is 12.9 Å². The van der Waals surface area contributed by atoms with Gasteiger partial charge in [-0.2, -0.15) is 13.2 Å². The van der Waals surface area contributed by atoms with Crippen LogP contribution in [0.1, 0.15) is 21.6 Å². The summed E-state index contributed by atoms with van der Waals surface area (Å²) in [5, 5.41) is 14.3. The van der Waals surface area contributed by atoms with E-state index in [1.807, 2.05) is 0 Å². The fourth-order valence-corrected chi connectivity index (χ4v) is 3.24. The number of nitrogens with zero attached hydrogens (tertiary/aromatic N) is 4. The lowest BCUT2D eigenvalue weighted by Crippen LogP contribution is -2.27. The van der Waals surface area contributed by atoms with Gasteiger partial charge in [0.05, 0.1) is 29.7 Å². The van der Waals surface area contributed by atoms with E-state index in [2.05, 4.69) is 30.6 Å². The Morgan fingerprint density at radius 1 is 1.00 bits per heavy atom. The number of amides is 1. The molecule has 3 heterocycles. The molecule has 0 fully saturated rings. The van der Waals surface area contributed by atoms with E-state index >= 15 is 0 Å². The smallest absolute Gasteiger partial charge is 0.395 e. The van der Waals surface area contributed by atoms with Gasteiger partial charge >= 0.3 is 6.18 Å². The van der Waals surface area contributed by atoms with E-state index in [1.54, 1.807) is 6.07 Å². The Labute approximate surface area is 196 Å². The average Bonchev–Trinajstić information content (AvgIpc) is 2.86. The van der Waals surface area contributed by atoms with E-state index in [-0.39, 0.29) is 41.4 Å². The molecule has 180 valence electrons. The highest BCUT2D eigenvalue weighted by atomic mass is 19.4. The lowest BCUT2D eigenvalue weighted by atomic mass is 10.1. The molecule has 0 saturated heterocycles. The van der Waals surface area contributed by atoms with Gasteiger partial charge in [0.1, 0.15) is 23.6 Å². The Balaban J connectivity index is 1.67. The highest BCUT2D eigenvalue weighted by molar-refractivity contribution is 5.93. The Kier molecular flexibility index (Phi) is 6.82. The molecule has 8 nitrogen and oxygen atoms in total. The number of alkyl halides is 4. The maximum absolute atomic E-state index is 13.6. The molecular weight excluding hydrogens is 468 g/mol. The second-order valence-electron chi connectivity index (χ2n) is 7.30. The molecule has 0 aliphatic carbocycles. The van der Waals surface area contributed by atoms with Crippen LogP contribution in [0.5, 0.6) is 0 Å². The second-order valence-corrected chi connectivity index (χ2v) is 7.30. The van der Waals surface area contributed by atoms with Crippen molar-refractivity contribution in [1.82, 2.24) is 25.3 Å². The fraction of sp³-hybridized carbons (Fsp3) is 0.174. The number of halogens is 4. The number of carbonyl (C=O) groups is 1. The molecule has 3 aromatic heterocycles. The van der Waals surface area contributed by atoms with E-state index in [0.29, 0.717) is 16.9 Å². The first-order valence-corrected chi connectivity index (χ1v) is 10.3. The van der Waals surface area contributed by atoms with Crippen molar-refractivity contribution in [3.8, 4) is 11.4 Å². The first-order chi connectivity index (χ1) is 16.8. The van der Waals surface area contributed by atoms with E-state index < -0.39 is 24.3 Å². The predicted molar refractivity (Wildman–Crippen MR) is 120 cm³/mol. The standard InChI is InChI=1S/C23H18F4N6O2/c24-11-13-1-6-17(22(35)29-9-10-34)32-19(13)18-12-30-20-16(7-8-28-21(20)33-18)31-15-4-2-14(3-5-15)23(25,26)27/h1-8,12,34H,9-11H2,(H,29,35)(H,28,31,33). The SMILES string of the molecule is O=C(NCCO)c1ccc(CF)c(-c2cnc3c(Nc4ccc(C(F)(F)F)cc4)ccnc3n2)n1. The zero-order valence-corrected chi connectivity index (χ0v) is 18.0. The molecule has 0 spiro atoms. The second kappa shape index (κ2) is 9.97. The molecule has 1 aromatic carbocycles. The third-order valence-corrected chi connectivity index (χ3v) is 4.93. The fourth-order valence-electron chi connectivity index (χ4n) is 3.24. The molecule has 0 radical (unpaired) electrons. The lowest BCUT2D eigenvalue weighted by molar-refractivity contribution is -0.137. The van der Waals surface area contributed by atoms with Crippen LogP contribution in [0, 0.1) is 0 Å². The molecule has 3 N–H and O–H groups in total. The minimum atomic E-state index is -4.44. The Morgan fingerprint density at radius 2 is 1.77 bits per heavy atom.